The molecule has 1 saturated heterocycles. The molecule has 5 nitrogen and oxygen atoms in total. The van der Waals surface area contributed by atoms with E-state index in [1.54, 1.807) is 0 Å². The highest BCUT2D eigenvalue weighted by atomic mass is 16.5. The van der Waals surface area contributed by atoms with Gasteiger partial charge in [-0.25, -0.2) is 0 Å². The number of nitrogens with zero attached hydrogens (tertiary/aromatic N) is 1. The van der Waals surface area contributed by atoms with Gasteiger partial charge >= 0.3 is 0 Å². The summed E-state index contributed by atoms with van der Waals surface area (Å²) in [6, 6.07) is 5.91. The number of carbonyl (C=O) groups is 1. The molecule has 2 rings (SSSR count). The molecule has 0 amide bonds. The van der Waals surface area contributed by atoms with Crippen LogP contribution in [0.25, 0.3) is 0 Å². The van der Waals surface area contributed by atoms with E-state index in [0.717, 1.165) is 37.3 Å². The molecule has 1 aromatic rings. The fraction of sp³-hybridized carbons (Fsp3) is 0.625. The van der Waals surface area contributed by atoms with Crippen LogP contribution in [0.5, 0.6) is 0 Å². The standard InChI is InChI=1S/C11H16N2O.C5H10O2/c14-8-10-2-1-3-11(13-10)9-4-6-12-7-5-9;1-5(2,3)7-4-6/h1-3,9,12,14H,4-8H2;4H,1-3H3. The van der Waals surface area contributed by atoms with E-state index in [-0.39, 0.29) is 12.2 Å². The Kier molecular flexibility index (Phi) is 7.32. The van der Waals surface area contributed by atoms with Gasteiger partial charge in [0.05, 0.1) is 12.3 Å². The van der Waals surface area contributed by atoms with Crippen LogP contribution < -0.4 is 5.32 Å². The zero-order valence-electron chi connectivity index (χ0n) is 13.1. The Morgan fingerprint density at radius 1 is 1.38 bits per heavy atom. The van der Waals surface area contributed by atoms with Gasteiger partial charge in [-0.05, 0) is 58.8 Å². The number of aliphatic hydroxyl groups excluding tert-OH is 1. The molecule has 2 N–H and O–H groups in total. The number of hydrogen-bond acceptors (Lipinski definition) is 5. The molecule has 0 unspecified atom stereocenters. The van der Waals surface area contributed by atoms with E-state index < -0.39 is 0 Å². The average Bonchev–Trinajstić information content (AvgIpc) is 2.48. The van der Waals surface area contributed by atoms with Crippen molar-refractivity contribution in [3.05, 3.63) is 29.6 Å². The predicted molar refractivity (Wildman–Crippen MR) is 81.9 cm³/mol. The first kappa shape index (κ1) is 17.6. The summed E-state index contributed by atoms with van der Waals surface area (Å²) in [5, 5.41) is 12.3. The molecule has 1 aliphatic heterocycles. The lowest BCUT2D eigenvalue weighted by atomic mass is 9.94. The normalized spacial score (nSPS) is 15.8. The second-order valence-corrected chi connectivity index (χ2v) is 6.06. The van der Waals surface area contributed by atoms with E-state index >= 15 is 0 Å². The lowest BCUT2D eigenvalue weighted by molar-refractivity contribution is -0.138. The highest BCUT2D eigenvalue weighted by Crippen LogP contribution is 2.23. The first-order valence-electron chi connectivity index (χ1n) is 7.35. The number of carbonyl (C=O) groups excluding carboxylic acids is 1. The molecule has 0 bridgehead atoms. The Labute approximate surface area is 126 Å². The summed E-state index contributed by atoms with van der Waals surface area (Å²) in [5.41, 5.74) is 1.60. The van der Waals surface area contributed by atoms with Crippen LogP contribution in [0.1, 0.15) is 50.9 Å². The smallest absolute Gasteiger partial charge is 0.293 e. The lowest BCUT2D eigenvalue weighted by Gasteiger charge is -2.22. The van der Waals surface area contributed by atoms with Crippen molar-refractivity contribution in [2.75, 3.05) is 13.1 Å². The minimum Gasteiger partial charge on any atom is -0.462 e. The van der Waals surface area contributed by atoms with Crippen LogP contribution >= 0.6 is 0 Å². The number of aliphatic hydroxyl groups is 1. The van der Waals surface area contributed by atoms with Crippen LogP contribution in [0.3, 0.4) is 0 Å². The van der Waals surface area contributed by atoms with Gasteiger partial charge in [-0.3, -0.25) is 9.78 Å². The Hall–Kier alpha value is -1.46. The van der Waals surface area contributed by atoms with E-state index in [1.807, 2.05) is 32.9 Å². The molecule has 21 heavy (non-hydrogen) atoms. The molecular formula is C16H26N2O3. The van der Waals surface area contributed by atoms with Gasteiger partial charge in [-0.1, -0.05) is 6.07 Å². The SMILES string of the molecule is CC(C)(C)OC=O.OCc1cccc(C2CCNCC2)n1. The monoisotopic (exact) mass is 294 g/mol. The fourth-order valence-corrected chi connectivity index (χ4v) is 2.08. The van der Waals surface area contributed by atoms with Crippen molar-refractivity contribution in [1.82, 2.24) is 10.3 Å². The van der Waals surface area contributed by atoms with Crippen LogP contribution in [0.2, 0.25) is 0 Å². The van der Waals surface area contributed by atoms with Gasteiger partial charge in [0.15, 0.2) is 0 Å². The molecule has 1 fully saturated rings. The zero-order valence-corrected chi connectivity index (χ0v) is 13.1. The highest BCUT2D eigenvalue weighted by molar-refractivity contribution is 5.37. The van der Waals surface area contributed by atoms with Crippen LogP contribution in [0.4, 0.5) is 0 Å². The molecular weight excluding hydrogens is 268 g/mol. The Bertz CT molecular complexity index is 424. The number of piperidine rings is 1. The van der Waals surface area contributed by atoms with Crippen LogP contribution in [0, 0.1) is 0 Å². The third-order valence-corrected chi connectivity index (χ3v) is 3.15. The highest BCUT2D eigenvalue weighted by Gasteiger charge is 2.16. The quantitative estimate of drug-likeness (QED) is 0.834. The summed E-state index contributed by atoms with van der Waals surface area (Å²) in [4.78, 5) is 14.0. The van der Waals surface area contributed by atoms with Gasteiger partial charge in [0.2, 0.25) is 0 Å². The van der Waals surface area contributed by atoms with Crippen molar-refractivity contribution in [3.8, 4) is 0 Å². The van der Waals surface area contributed by atoms with Gasteiger partial charge in [-0.15, -0.1) is 0 Å². The number of rotatable bonds is 3. The number of pyridine rings is 1. The molecule has 0 spiro atoms. The second kappa shape index (κ2) is 8.74. The van der Waals surface area contributed by atoms with Gasteiger partial charge < -0.3 is 15.2 Å². The topological polar surface area (TPSA) is 71.5 Å². The molecule has 5 heteroatoms. The van der Waals surface area contributed by atoms with Crippen molar-refractivity contribution < 1.29 is 14.6 Å². The zero-order chi connectivity index (χ0) is 15.7. The first-order valence-corrected chi connectivity index (χ1v) is 7.35. The van der Waals surface area contributed by atoms with Gasteiger partial charge in [0, 0.05) is 11.6 Å². The largest absolute Gasteiger partial charge is 0.462 e. The van der Waals surface area contributed by atoms with Gasteiger partial charge in [0.1, 0.15) is 5.60 Å². The van der Waals surface area contributed by atoms with E-state index in [1.165, 1.54) is 0 Å². The molecule has 0 aliphatic carbocycles. The Balaban J connectivity index is 0.000000270. The average molecular weight is 294 g/mol. The van der Waals surface area contributed by atoms with Crippen LogP contribution in [-0.2, 0) is 16.1 Å². The number of hydrogen-bond donors (Lipinski definition) is 2. The summed E-state index contributed by atoms with van der Waals surface area (Å²) in [6.45, 7) is 8.12. The van der Waals surface area contributed by atoms with Crippen molar-refractivity contribution in [2.45, 2.75) is 51.7 Å². The second-order valence-electron chi connectivity index (χ2n) is 6.06. The maximum Gasteiger partial charge on any atom is 0.293 e. The molecule has 0 saturated carbocycles. The lowest BCUT2D eigenvalue weighted by Crippen LogP contribution is -2.27. The minimum atomic E-state index is -0.318. The molecule has 2 heterocycles. The molecule has 0 aromatic carbocycles. The summed E-state index contributed by atoms with van der Waals surface area (Å²) < 4.78 is 4.55. The summed E-state index contributed by atoms with van der Waals surface area (Å²) in [6.07, 6.45) is 2.31. The maximum atomic E-state index is 9.60. The first-order chi connectivity index (χ1) is 9.96. The van der Waals surface area contributed by atoms with Gasteiger partial charge in [-0.2, -0.15) is 0 Å². The number of nitrogens with one attached hydrogen (secondary N) is 1. The van der Waals surface area contributed by atoms with E-state index in [4.69, 9.17) is 5.11 Å². The third-order valence-electron chi connectivity index (χ3n) is 3.15. The number of ether oxygens (including phenoxy) is 1. The maximum absolute atomic E-state index is 9.60. The fourth-order valence-electron chi connectivity index (χ4n) is 2.08. The molecule has 118 valence electrons. The molecule has 1 aromatic heterocycles. The molecule has 1 aliphatic rings. The van der Waals surface area contributed by atoms with Crippen molar-refractivity contribution in [2.24, 2.45) is 0 Å². The summed E-state index contributed by atoms with van der Waals surface area (Å²) in [5.74, 6) is 0.572. The van der Waals surface area contributed by atoms with E-state index in [9.17, 15) is 4.79 Å². The van der Waals surface area contributed by atoms with Crippen molar-refractivity contribution >= 4 is 6.47 Å². The van der Waals surface area contributed by atoms with E-state index in [0.29, 0.717) is 12.4 Å². The third kappa shape index (κ3) is 7.20. The Morgan fingerprint density at radius 3 is 2.52 bits per heavy atom. The summed E-state index contributed by atoms with van der Waals surface area (Å²) >= 11 is 0. The minimum absolute atomic E-state index is 0.0405. The van der Waals surface area contributed by atoms with Crippen molar-refractivity contribution in [3.63, 3.8) is 0 Å². The van der Waals surface area contributed by atoms with Crippen molar-refractivity contribution in [1.29, 1.82) is 0 Å². The summed E-state index contributed by atoms with van der Waals surface area (Å²) in [7, 11) is 0. The Morgan fingerprint density at radius 2 is 2.05 bits per heavy atom. The number of aromatic nitrogens is 1. The van der Waals surface area contributed by atoms with Crippen LogP contribution in [-0.4, -0.2) is 35.3 Å². The van der Waals surface area contributed by atoms with Crippen LogP contribution in [0.15, 0.2) is 18.2 Å². The molecule has 0 atom stereocenters. The molecule has 0 radical (unpaired) electrons. The predicted octanol–water partition coefficient (Wildman–Crippen LogP) is 2.00. The van der Waals surface area contributed by atoms with Gasteiger partial charge in [0.25, 0.3) is 6.47 Å². The van der Waals surface area contributed by atoms with E-state index in [2.05, 4.69) is 21.1 Å².